The molecule has 0 aliphatic carbocycles. The summed E-state index contributed by atoms with van der Waals surface area (Å²) in [4.78, 5) is 2.53. The summed E-state index contributed by atoms with van der Waals surface area (Å²) in [5.41, 5.74) is 4.26. The Bertz CT molecular complexity index is 459. The highest BCUT2D eigenvalue weighted by Crippen LogP contribution is 2.34. The van der Waals surface area contributed by atoms with Crippen molar-refractivity contribution in [1.29, 1.82) is 0 Å². The molecule has 118 valence electrons. The van der Waals surface area contributed by atoms with Crippen molar-refractivity contribution in [1.82, 2.24) is 10.2 Å². The molecule has 1 unspecified atom stereocenters. The Kier molecular flexibility index (Phi) is 6.07. The van der Waals surface area contributed by atoms with Crippen LogP contribution in [0.15, 0.2) is 12.1 Å². The van der Waals surface area contributed by atoms with Crippen molar-refractivity contribution in [2.45, 2.75) is 53.1 Å². The topological polar surface area (TPSA) is 24.5 Å². The van der Waals surface area contributed by atoms with Gasteiger partial charge in [0.1, 0.15) is 5.75 Å². The number of benzene rings is 1. The molecule has 0 spiro atoms. The molecular formula is C18H30N2O. The van der Waals surface area contributed by atoms with E-state index in [1.807, 2.05) is 0 Å². The summed E-state index contributed by atoms with van der Waals surface area (Å²) in [6.07, 6.45) is 2.32. The molecule has 2 rings (SSSR count). The fourth-order valence-electron chi connectivity index (χ4n) is 3.21. The SMILES string of the molecule is CCCNCc1cc2c(cc1OCC)C(C)N(CC)CC2. The monoisotopic (exact) mass is 290 g/mol. The number of likely N-dealkylation sites (N-methyl/N-ethyl adjacent to an activating group) is 1. The summed E-state index contributed by atoms with van der Waals surface area (Å²) in [6, 6.07) is 5.15. The Morgan fingerprint density at radius 1 is 1.29 bits per heavy atom. The lowest BCUT2D eigenvalue weighted by Gasteiger charge is -2.35. The second-order valence-corrected chi connectivity index (χ2v) is 5.82. The number of nitrogens with zero attached hydrogens (tertiary/aromatic N) is 1. The van der Waals surface area contributed by atoms with E-state index in [2.05, 4.69) is 50.0 Å². The number of ether oxygens (including phenoxy) is 1. The van der Waals surface area contributed by atoms with Gasteiger partial charge in [-0.15, -0.1) is 0 Å². The molecule has 1 atom stereocenters. The van der Waals surface area contributed by atoms with Crippen molar-refractivity contribution in [2.24, 2.45) is 0 Å². The van der Waals surface area contributed by atoms with E-state index in [1.54, 1.807) is 0 Å². The fourth-order valence-corrected chi connectivity index (χ4v) is 3.21. The normalized spacial score (nSPS) is 18.6. The van der Waals surface area contributed by atoms with E-state index in [9.17, 15) is 0 Å². The average molecular weight is 290 g/mol. The standard InChI is InChI=1S/C18H30N2O/c1-5-9-19-13-16-11-15-8-10-20(6-2)14(4)17(15)12-18(16)21-7-3/h11-12,14,19H,5-10,13H2,1-4H3. The predicted molar refractivity (Wildman–Crippen MR) is 89.0 cm³/mol. The molecule has 0 bridgehead atoms. The van der Waals surface area contributed by atoms with Crippen LogP contribution in [0.25, 0.3) is 0 Å². The van der Waals surface area contributed by atoms with Gasteiger partial charge in [0.15, 0.2) is 0 Å². The number of nitrogens with one attached hydrogen (secondary N) is 1. The Morgan fingerprint density at radius 3 is 2.76 bits per heavy atom. The minimum atomic E-state index is 0.496. The zero-order valence-electron chi connectivity index (χ0n) is 14.0. The van der Waals surface area contributed by atoms with Crippen LogP contribution in [0.3, 0.4) is 0 Å². The summed E-state index contributed by atoms with van der Waals surface area (Å²) in [5.74, 6) is 1.06. The number of hydrogen-bond acceptors (Lipinski definition) is 3. The van der Waals surface area contributed by atoms with Crippen LogP contribution in [0, 0.1) is 0 Å². The largest absolute Gasteiger partial charge is 0.494 e. The minimum Gasteiger partial charge on any atom is -0.494 e. The van der Waals surface area contributed by atoms with Crippen molar-refractivity contribution in [2.75, 3.05) is 26.2 Å². The number of rotatable bonds is 7. The molecule has 1 heterocycles. The lowest BCUT2D eigenvalue weighted by Crippen LogP contribution is -2.34. The second kappa shape index (κ2) is 7.81. The lowest BCUT2D eigenvalue weighted by atomic mass is 9.91. The third-order valence-electron chi connectivity index (χ3n) is 4.44. The summed E-state index contributed by atoms with van der Waals surface area (Å²) >= 11 is 0. The predicted octanol–water partition coefficient (Wildman–Crippen LogP) is 3.52. The van der Waals surface area contributed by atoms with E-state index < -0.39 is 0 Å². The molecule has 1 aliphatic rings. The Balaban J connectivity index is 2.27. The Labute approximate surface area is 129 Å². The van der Waals surface area contributed by atoms with Gasteiger partial charge in [-0.1, -0.05) is 19.9 Å². The molecule has 0 saturated carbocycles. The van der Waals surface area contributed by atoms with Gasteiger partial charge in [0.25, 0.3) is 0 Å². The molecule has 0 aromatic heterocycles. The van der Waals surface area contributed by atoms with Crippen molar-refractivity contribution in [3.05, 3.63) is 28.8 Å². The quantitative estimate of drug-likeness (QED) is 0.778. The molecule has 1 aliphatic heterocycles. The van der Waals surface area contributed by atoms with E-state index in [0.717, 1.165) is 44.8 Å². The molecule has 0 radical (unpaired) electrons. The van der Waals surface area contributed by atoms with Crippen molar-refractivity contribution >= 4 is 0 Å². The van der Waals surface area contributed by atoms with Crippen LogP contribution in [-0.2, 0) is 13.0 Å². The van der Waals surface area contributed by atoms with E-state index >= 15 is 0 Å². The van der Waals surface area contributed by atoms with Crippen molar-refractivity contribution in [3.63, 3.8) is 0 Å². The zero-order chi connectivity index (χ0) is 15.2. The van der Waals surface area contributed by atoms with Crippen molar-refractivity contribution < 1.29 is 4.74 Å². The lowest BCUT2D eigenvalue weighted by molar-refractivity contribution is 0.208. The summed E-state index contributed by atoms with van der Waals surface area (Å²) < 4.78 is 5.89. The van der Waals surface area contributed by atoms with Crippen LogP contribution < -0.4 is 10.1 Å². The van der Waals surface area contributed by atoms with Gasteiger partial charge in [0.05, 0.1) is 6.61 Å². The van der Waals surface area contributed by atoms with Crippen LogP contribution in [0.1, 0.15) is 56.8 Å². The summed E-state index contributed by atoms with van der Waals surface area (Å²) in [7, 11) is 0. The Hall–Kier alpha value is -1.06. The first-order chi connectivity index (χ1) is 10.2. The van der Waals surface area contributed by atoms with Gasteiger partial charge in [-0.05, 0) is 57.0 Å². The Morgan fingerprint density at radius 2 is 2.10 bits per heavy atom. The summed E-state index contributed by atoms with van der Waals surface area (Å²) in [6.45, 7) is 13.8. The maximum absolute atomic E-state index is 5.89. The molecular weight excluding hydrogens is 260 g/mol. The highest BCUT2D eigenvalue weighted by Gasteiger charge is 2.24. The van der Waals surface area contributed by atoms with Gasteiger partial charge in [-0.3, -0.25) is 4.90 Å². The molecule has 1 aromatic rings. The maximum Gasteiger partial charge on any atom is 0.124 e. The van der Waals surface area contributed by atoms with Gasteiger partial charge in [-0.2, -0.15) is 0 Å². The maximum atomic E-state index is 5.89. The minimum absolute atomic E-state index is 0.496. The third kappa shape index (κ3) is 3.78. The molecule has 3 nitrogen and oxygen atoms in total. The van der Waals surface area contributed by atoms with Crippen LogP contribution >= 0.6 is 0 Å². The highest BCUT2D eigenvalue weighted by molar-refractivity contribution is 5.45. The van der Waals surface area contributed by atoms with Gasteiger partial charge in [-0.25, -0.2) is 0 Å². The van der Waals surface area contributed by atoms with Crippen molar-refractivity contribution in [3.8, 4) is 5.75 Å². The van der Waals surface area contributed by atoms with E-state index in [1.165, 1.54) is 23.2 Å². The molecule has 0 fully saturated rings. The highest BCUT2D eigenvalue weighted by atomic mass is 16.5. The van der Waals surface area contributed by atoms with Gasteiger partial charge in [0, 0.05) is 24.7 Å². The molecule has 21 heavy (non-hydrogen) atoms. The average Bonchev–Trinajstić information content (AvgIpc) is 2.49. The smallest absolute Gasteiger partial charge is 0.124 e. The molecule has 0 amide bonds. The zero-order valence-corrected chi connectivity index (χ0v) is 14.0. The van der Waals surface area contributed by atoms with Crippen LogP contribution in [-0.4, -0.2) is 31.1 Å². The first kappa shape index (κ1) is 16.3. The van der Waals surface area contributed by atoms with Gasteiger partial charge < -0.3 is 10.1 Å². The number of fused-ring (bicyclic) bond motifs is 1. The molecule has 3 heteroatoms. The first-order valence-corrected chi connectivity index (χ1v) is 8.44. The van der Waals surface area contributed by atoms with E-state index in [-0.39, 0.29) is 0 Å². The van der Waals surface area contributed by atoms with Gasteiger partial charge >= 0.3 is 0 Å². The third-order valence-corrected chi connectivity index (χ3v) is 4.44. The molecule has 1 aromatic carbocycles. The fraction of sp³-hybridized carbons (Fsp3) is 0.667. The van der Waals surface area contributed by atoms with Crippen LogP contribution in [0.2, 0.25) is 0 Å². The number of hydrogen-bond donors (Lipinski definition) is 1. The second-order valence-electron chi connectivity index (χ2n) is 5.82. The van der Waals surface area contributed by atoms with Crippen LogP contribution in [0.5, 0.6) is 5.75 Å². The van der Waals surface area contributed by atoms with E-state index in [4.69, 9.17) is 4.74 Å². The molecule has 0 saturated heterocycles. The first-order valence-electron chi connectivity index (χ1n) is 8.44. The van der Waals surface area contributed by atoms with Crippen LogP contribution in [0.4, 0.5) is 0 Å². The summed E-state index contributed by atoms with van der Waals surface area (Å²) in [5, 5.41) is 3.50. The molecule has 1 N–H and O–H groups in total. The van der Waals surface area contributed by atoms with E-state index in [0.29, 0.717) is 6.04 Å². The van der Waals surface area contributed by atoms with Gasteiger partial charge in [0.2, 0.25) is 0 Å².